The summed E-state index contributed by atoms with van der Waals surface area (Å²) in [5.41, 5.74) is 0.0714. The van der Waals surface area contributed by atoms with Crippen LogP contribution in [0, 0.1) is 0 Å². The summed E-state index contributed by atoms with van der Waals surface area (Å²) in [6, 6.07) is 7.68. The third-order valence-corrected chi connectivity index (χ3v) is 5.72. The first kappa shape index (κ1) is 24.7. The molecule has 0 amide bonds. The van der Waals surface area contributed by atoms with Gasteiger partial charge in [0.1, 0.15) is 59.6 Å². The van der Waals surface area contributed by atoms with Gasteiger partial charge in [-0.2, -0.15) is 0 Å². The fourth-order valence-corrected chi connectivity index (χ4v) is 3.96. The van der Waals surface area contributed by atoms with Crippen LogP contribution in [0.25, 0.3) is 0 Å². The summed E-state index contributed by atoms with van der Waals surface area (Å²) in [5.74, 6) is -2.56. The van der Waals surface area contributed by atoms with Crippen LogP contribution >= 0.6 is 0 Å². The highest BCUT2D eigenvalue weighted by molar-refractivity contribution is 6.05. The van der Waals surface area contributed by atoms with Crippen LogP contribution in [0.5, 0.6) is 23.0 Å². The van der Waals surface area contributed by atoms with E-state index in [1.54, 1.807) is 0 Å². The van der Waals surface area contributed by atoms with Crippen LogP contribution in [-0.2, 0) is 19.0 Å². The summed E-state index contributed by atoms with van der Waals surface area (Å²) >= 11 is 0. The summed E-state index contributed by atoms with van der Waals surface area (Å²) in [6.45, 7) is 0.677. The van der Waals surface area contributed by atoms with Crippen molar-refractivity contribution >= 4 is 11.8 Å². The normalized spacial score (nSPS) is 30.3. The van der Waals surface area contributed by atoms with E-state index in [0.717, 1.165) is 19.1 Å². The molecule has 12 nitrogen and oxygen atoms in total. The lowest BCUT2D eigenvalue weighted by Crippen LogP contribution is -2.60. The summed E-state index contributed by atoms with van der Waals surface area (Å²) in [4.78, 5) is 24.6. The minimum atomic E-state index is -1.80. The first-order valence-electron chi connectivity index (χ1n) is 10.6. The van der Waals surface area contributed by atoms with Gasteiger partial charge in [0.25, 0.3) is 0 Å². The van der Waals surface area contributed by atoms with Gasteiger partial charge in [0, 0.05) is 19.1 Å². The largest absolute Gasteiger partial charge is 0.508 e. The molecule has 2 aliphatic rings. The molecule has 2 aromatic rings. The van der Waals surface area contributed by atoms with Crippen LogP contribution in [0.3, 0.4) is 0 Å². The number of fused-ring (bicyclic) bond motifs is 1. The number of aliphatic hydroxyl groups excluding tert-OH is 3. The molecule has 2 aromatic carbocycles. The van der Waals surface area contributed by atoms with Gasteiger partial charge in [-0.1, -0.05) is 12.1 Å². The Morgan fingerprint density at radius 1 is 0.971 bits per heavy atom. The third kappa shape index (κ3) is 4.88. The number of rotatable bonds is 5. The number of ketones is 1. The highest BCUT2D eigenvalue weighted by Gasteiger charge is 2.49. The Hall–Kier alpha value is -3.42. The maximum absolute atomic E-state index is 13.4. The number of phenolic OH excluding ortho intramolecular Hbond substituents is 3. The zero-order valence-corrected chi connectivity index (χ0v) is 18.3. The lowest BCUT2D eigenvalue weighted by atomic mass is 9.92. The van der Waals surface area contributed by atoms with Crippen molar-refractivity contribution in [2.75, 3.05) is 6.61 Å². The molecule has 0 aliphatic carbocycles. The molecular formula is C23H24O12. The monoisotopic (exact) mass is 492 g/mol. The molecule has 2 unspecified atom stereocenters. The summed E-state index contributed by atoms with van der Waals surface area (Å²) in [6.07, 6.45) is -10.9. The predicted octanol–water partition coefficient (Wildman–Crippen LogP) is -0.124. The van der Waals surface area contributed by atoms with E-state index in [-0.39, 0.29) is 22.8 Å². The van der Waals surface area contributed by atoms with Crippen molar-refractivity contribution in [3.05, 3.63) is 47.5 Å². The smallest absolute Gasteiger partial charge is 0.302 e. The molecule has 0 bridgehead atoms. The Morgan fingerprint density at radius 2 is 1.66 bits per heavy atom. The number of esters is 1. The van der Waals surface area contributed by atoms with Gasteiger partial charge in [0.05, 0.1) is 0 Å². The number of carbonyl (C=O) groups is 2. The molecule has 4 rings (SSSR count). The number of ether oxygens (including phenoxy) is 4. The zero-order chi connectivity index (χ0) is 25.4. The van der Waals surface area contributed by atoms with E-state index >= 15 is 0 Å². The van der Waals surface area contributed by atoms with Gasteiger partial charge in [-0.15, -0.1) is 0 Å². The van der Waals surface area contributed by atoms with Gasteiger partial charge < -0.3 is 49.6 Å². The summed E-state index contributed by atoms with van der Waals surface area (Å²) < 4.78 is 22.0. The maximum Gasteiger partial charge on any atom is 0.302 e. The average Bonchev–Trinajstić information content (AvgIpc) is 2.80. The molecule has 1 saturated heterocycles. The molecule has 2 aliphatic heterocycles. The minimum absolute atomic E-state index is 0.0551. The van der Waals surface area contributed by atoms with E-state index in [4.69, 9.17) is 18.9 Å². The lowest BCUT2D eigenvalue weighted by Gasteiger charge is -2.42. The molecule has 7 atom stereocenters. The second kappa shape index (κ2) is 9.68. The van der Waals surface area contributed by atoms with Crippen LogP contribution in [0.15, 0.2) is 36.4 Å². The van der Waals surface area contributed by atoms with E-state index < -0.39 is 67.0 Å². The van der Waals surface area contributed by atoms with Crippen molar-refractivity contribution in [3.8, 4) is 23.0 Å². The lowest BCUT2D eigenvalue weighted by molar-refractivity contribution is -0.312. The van der Waals surface area contributed by atoms with E-state index in [1.807, 2.05) is 0 Å². The number of carbonyl (C=O) groups excluding carboxylic acids is 2. The SMILES string of the molecule is CC(=O)OC[C@H]1O[C@@H](OC2C(=O)c3c(O)cc(O)cc3OC2c2ccc(O)cc2)[C@H](O)[C@@H](O)[C@@H]1O. The molecule has 0 spiro atoms. The molecular weight excluding hydrogens is 468 g/mol. The Labute approximate surface area is 198 Å². The zero-order valence-electron chi connectivity index (χ0n) is 18.3. The number of phenols is 3. The van der Waals surface area contributed by atoms with E-state index in [9.17, 15) is 40.2 Å². The van der Waals surface area contributed by atoms with E-state index in [0.29, 0.717) is 5.56 Å². The average molecular weight is 492 g/mol. The van der Waals surface area contributed by atoms with E-state index in [1.165, 1.54) is 24.3 Å². The van der Waals surface area contributed by atoms with Crippen LogP contribution in [0.4, 0.5) is 0 Å². The van der Waals surface area contributed by atoms with Crippen molar-refractivity contribution in [2.45, 2.75) is 49.8 Å². The Morgan fingerprint density at radius 3 is 2.31 bits per heavy atom. The van der Waals surface area contributed by atoms with Crippen molar-refractivity contribution in [3.63, 3.8) is 0 Å². The Kier molecular flexibility index (Phi) is 6.83. The first-order chi connectivity index (χ1) is 16.6. The van der Waals surface area contributed by atoms with Crippen molar-refractivity contribution in [1.82, 2.24) is 0 Å². The number of aromatic hydroxyl groups is 3. The number of hydrogen-bond acceptors (Lipinski definition) is 12. The van der Waals surface area contributed by atoms with Crippen LogP contribution in [0.2, 0.25) is 0 Å². The van der Waals surface area contributed by atoms with Gasteiger partial charge in [-0.25, -0.2) is 0 Å². The van der Waals surface area contributed by atoms with E-state index in [2.05, 4.69) is 0 Å². The van der Waals surface area contributed by atoms with Gasteiger partial charge in [0.2, 0.25) is 5.78 Å². The molecule has 188 valence electrons. The van der Waals surface area contributed by atoms with Crippen LogP contribution in [-0.4, -0.2) is 85.8 Å². The third-order valence-electron chi connectivity index (χ3n) is 5.72. The summed E-state index contributed by atoms with van der Waals surface area (Å²) in [7, 11) is 0. The Balaban J connectivity index is 1.68. The Bertz CT molecular complexity index is 1100. The predicted molar refractivity (Wildman–Crippen MR) is 114 cm³/mol. The molecule has 1 fully saturated rings. The number of aliphatic hydroxyl groups is 3. The second-order valence-corrected chi connectivity index (χ2v) is 8.21. The minimum Gasteiger partial charge on any atom is -0.508 e. The standard InChI is InChI=1S/C23H24O12/c1-9(24)32-8-15-17(28)19(30)20(31)23(34-15)35-22-18(29)16-13(27)6-12(26)7-14(16)33-21(22)10-2-4-11(25)5-3-10/h2-7,15,17,19-23,25-28,30-31H,8H2,1H3/t15-,17-,19+,20-,21?,22?,23+/m1/s1. The fraction of sp³-hybridized carbons (Fsp3) is 0.391. The van der Waals surface area contributed by atoms with Crippen LogP contribution in [0.1, 0.15) is 28.9 Å². The topological polar surface area (TPSA) is 192 Å². The number of hydrogen-bond donors (Lipinski definition) is 6. The van der Waals surface area contributed by atoms with Gasteiger partial charge in [-0.05, 0) is 17.7 Å². The van der Waals surface area contributed by atoms with Gasteiger partial charge in [-0.3, -0.25) is 9.59 Å². The van der Waals surface area contributed by atoms with Crippen molar-refractivity contribution in [2.24, 2.45) is 0 Å². The molecule has 0 aromatic heterocycles. The van der Waals surface area contributed by atoms with Gasteiger partial charge >= 0.3 is 5.97 Å². The molecule has 0 saturated carbocycles. The molecule has 6 N–H and O–H groups in total. The second-order valence-electron chi connectivity index (χ2n) is 8.21. The highest BCUT2D eigenvalue weighted by atomic mass is 16.7. The quantitative estimate of drug-likeness (QED) is 0.304. The summed E-state index contributed by atoms with van der Waals surface area (Å²) in [5, 5.41) is 60.7. The van der Waals surface area contributed by atoms with Crippen molar-refractivity contribution < 1.29 is 59.2 Å². The number of benzene rings is 2. The van der Waals surface area contributed by atoms with Crippen LogP contribution < -0.4 is 4.74 Å². The highest BCUT2D eigenvalue weighted by Crippen LogP contribution is 2.43. The van der Waals surface area contributed by atoms with Gasteiger partial charge in [0.15, 0.2) is 18.5 Å². The maximum atomic E-state index is 13.4. The fourth-order valence-electron chi connectivity index (χ4n) is 3.96. The first-order valence-corrected chi connectivity index (χ1v) is 10.6. The molecule has 0 radical (unpaired) electrons. The molecule has 2 heterocycles. The number of Topliss-reactive ketones (excluding diaryl/α,β-unsaturated/α-hetero) is 1. The van der Waals surface area contributed by atoms with Crippen molar-refractivity contribution in [1.29, 1.82) is 0 Å². The molecule has 35 heavy (non-hydrogen) atoms. The molecule has 12 heteroatoms.